The standard InChI is InChI=1S/C7H2BrF2N3O2/c8-4-3(1-11)2-12-5(7(9)10)6(4)13(14)15/h2,7H. The van der Waals surface area contributed by atoms with Crippen LogP contribution in [0.25, 0.3) is 0 Å². The van der Waals surface area contributed by atoms with E-state index in [-0.39, 0.29) is 10.0 Å². The molecular weight excluding hydrogens is 276 g/mol. The van der Waals surface area contributed by atoms with E-state index in [9.17, 15) is 18.9 Å². The van der Waals surface area contributed by atoms with E-state index in [0.717, 1.165) is 6.20 Å². The van der Waals surface area contributed by atoms with Crippen LogP contribution in [0.5, 0.6) is 0 Å². The van der Waals surface area contributed by atoms with Crippen LogP contribution in [0.4, 0.5) is 14.5 Å². The Hall–Kier alpha value is -1.62. The fourth-order valence-corrected chi connectivity index (χ4v) is 1.44. The molecule has 1 heterocycles. The summed E-state index contributed by atoms with van der Waals surface area (Å²) in [6.45, 7) is 0. The first-order valence-corrected chi connectivity index (χ1v) is 4.29. The van der Waals surface area contributed by atoms with Crippen molar-refractivity contribution in [3.8, 4) is 6.07 Å². The van der Waals surface area contributed by atoms with Crippen molar-refractivity contribution < 1.29 is 13.7 Å². The van der Waals surface area contributed by atoms with Crippen LogP contribution >= 0.6 is 15.9 Å². The highest BCUT2D eigenvalue weighted by molar-refractivity contribution is 9.10. The van der Waals surface area contributed by atoms with Crippen LogP contribution in [0.3, 0.4) is 0 Å². The van der Waals surface area contributed by atoms with Crippen LogP contribution in [0.15, 0.2) is 10.7 Å². The highest BCUT2D eigenvalue weighted by Crippen LogP contribution is 2.35. The average molecular weight is 278 g/mol. The third kappa shape index (κ3) is 2.07. The molecule has 5 nitrogen and oxygen atoms in total. The molecule has 0 unspecified atom stereocenters. The predicted molar refractivity (Wildman–Crippen MR) is 48.3 cm³/mol. The maximum absolute atomic E-state index is 12.3. The largest absolute Gasteiger partial charge is 0.312 e. The van der Waals surface area contributed by atoms with E-state index in [1.165, 1.54) is 0 Å². The molecule has 0 atom stereocenters. The lowest BCUT2D eigenvalue weighted by Crippen LogP contribution is -2.01. The van der Waals surface area contributed by atoms with Gasteiger partial charge < -0.3 is 0 Å². The highest BCUT2D eigenvalue weighted by Gasteiger charge is 2.28. The molecule has 0 saturated carbocycles. The fraction of sp³-hybridized carbons (Fsp3) is 0.143. The second kappa shape index (κ2) is 4.27. The van der Waals surface area contributed by atoms with Gasteiger partial charge in [-0.05, 0) is 15.9 Å². The molecule has 0 spiro atoms. The van der Waals surface area contributed by atoms with E-state index in [1.54, 1.807) is 6.07 Å². The maximum atomic E-state index is 12.3. The number of hydrogen-bond acceptors (Lipinski definition) is 4. The third-order valence-corrected chi connectivity index (χ3v) is 2.33. The number of pyridine rings is 1. The van der Waals surface area contributed by atoms with E-state index < -0.39 is 22.7 Å². The molecule has 1 aromatic rings. The van der Waals surface area contributed by atoms with Gasteiger partial charge in [0.15, 0.2) is 5.69 Å². The van der Waals surface area contributed by atoms with E-state index in [4.69, 9.17) is 5.26 Å². The van der Waals surface area contributed by atoms with Crippen molar-refractivity contribution in [2.24, 2.45) is 0 Å². The lowest BCUT2D eigenvalue weighted by atomic mass is 10.2. The normalized spacial score (nSPS) is 10.1. The van der Waals surface area contributed by atoms with Crippen molar-refractivity contribution in [3.63, 3.8) is 0 Å². The minimum atomic E-state index is -3.06. The highest BCUT2D eigenvalue weighted by atomic mass is 79.9. The summed E-state index contributed by atoms with van der Waals surface area (Å²) in [4.78, 5) is 12.7. The van der Waals surface area contributed by atoms with Gasteiger partial charge in [0.25, 0.3) is 6.43 Å². The summed E-state index contributed by atoms with van der Waals surface area (Å²) < 4.78 is 24.4. The SMILES string of the molecule is N#Cc1cnc(C(F)F)c([N+](=O)[O-])c1Br. The number of alkyl halides is 2. The lowest BCUT2D eigenvalue weighted by Gasteiger charge is -2.03. The van der Waals surface area contributed by atoms with Crippen LogP contribution in [0, 0.1) is 21.4 Å². The van der Waals surface area contributed by atoms with Crippen LogP contribution in [0.2, 0.25) is 0 Å². The van der Waals surface area contributed by atoms with Crippen molar-refractivity contribution in [1.82, 2.24) is 4.98 Å². The molecule has 0 saturated heterocycles. The van der Waals surface area contributed by atoms with Crippen LogP contribution in [-0.2, 0) is 0 Å². The van der Waals surface area contributed by atoms with Gasteiger partial charge in [-0.25, -0.2) is 13.8 Å². The average Bonchev–Trinajstić information content (AvgIpc) is 2.16. The summed E-state index contributed by atoms with van der Waals surface area (Å²) in [7, 11) is 0. The third-order valence-electron chi connectivity index (χ3n) is 1.53. The summed E-state index contributed by atoms with van der Waals surface area (Å²) in [6, 6.07) is 1.60. The summed E-state index contributed by atoms with van der Waals surface area (Å²) in [5.41, 5.74) is -1.99. The zero-order valence-electron chi connectivity index (χ0n) is 6.95. The molecular formula is C7H2BrF2N3O2. The zero-order chi connectivity index (χ0) is 11.6. The zero-order valence-corrected chi connectivity index (χ0v) is 8.53. The van der Waals surface area contributed by atoms with Crippen molar-refractivity contribution in [2.75, 3.05) is 0 Å². The van der Waals surface area contributed by atoms with Gasteiger partial charge >= 0.3 is 5.69 Å². The lowest BCUT2D eigenvalue weighted by molar-refractivity contribution is -0.387. The Labute approximate surface area is 90.6 Å². The number of nitro groups is 1. The number of rotatable bonds is 2. The van der Waals surface area contributed by atoms with Crippen LogP contribution in [-0.4, -0.2) is 9.91 Å². The molecule has 0 N–H and O–H groups in total. The smallest absolute Gasteiger partial charge is 0.258 e. The number of aromatic nitrogens is 1. The van der Waals surface area contributed by atoms with Crippen molar-refractivity contribution in [2.45, 2.75) is 6.43 Å². The molecule has 0 aliphatic carbocycles. The van der Waals surface area contributed by atoms with E-state index in [2.05, 4.69) is 20.9 Å². The number of nitrogens with zero attached hydrogens (tertiary/aromatic N) is 3. The monoisotopic (exact) mass is 277 g/mol. The quantitative estimate of drug-likeness (QED) is 0.615. The Morgan fingerprint density at radius 1 is 1.67 bits per heavy atom. The number of hydrogen-bond donors (Lipinski definition) is 0. The molecule has 0 bridgehead atoms. The van der Waals surface area contributed by atoms with Gasteiger partial charge in [0.1, 0.15) is 10.5 Å². The molecule has 78 valence electrons. The summed E-state index contributed by atoms with van der Waals surface area (Å²) in [5, 5.41) is 19.0. The second-order valence-electron chi connectivity index (χ2n) is 2.39. The molecule has 8 heteroatoms. The minimum Gasteiger partial charge on any atom is -0.258 e. The van der Waals surface area contributed by atoms with Crippen molar-refractivity contribution in [3.05, 3.63) is 32.0 Å². The predicted octanol–water partition coefficient (Wildman–Crippen LogP) is 2.56. The van der Waals surface area contributed by atoms with Crippen molar-refractivity contribution >= 4 is 21.6 Å². The Morgan fingerprint density at radius 3 is 2.67 bits per heavy atom. The molecule has 0 radical (unpaired) electrons. The Morgan fingerprint density at radius 2 is 2.27 bits per heavy atom. The van der Waals surface area contributed by atoms with Crippen molar-refractivity contribution in [1.29, 1.82) is 5.26 Å². The Kier molecular flexibility index (Phi) is 3.26. The Bertz CT molecular complexity index is 458. The minimum absolute atomic E-state index is 0.161. The summed E-state index contributed by atoms with van der Waals surface area (Å²) in [5.74, 6) is 0. The van der Waals surface area contributed by atoms with Gasteiger partial charge in [-0.3, -0.25) is 10.1 Å². The van der Waals surface area contributed by atoms with Gasteiger partial charge in [0, 0.05) is 6.20 Å². The molecule has 1 aromatic heterocycles. The van der Waals surface area contributed by atoms with Gasteiger partial charge in [0.2, 0.25) is 0 Å². The van der Waals surface area contributed by atoms with E-state index >= 15 is 0 Å². The number of nitriles is 1. The molecule has 0 amide bonds. The first kappa shape index (κ1) is 11.5. The van der Waals surface area contributed by atoms with E-state index in [0.29, 0.717) is 0 Å². The Balaban J connectivity index is 3.53. The van der Waals surface area contributed by atoms with Crippen LogP contribution < -0.4 is 0 Å². The molecule has 0 aromatic carbocycles. The van der Waals surface area contributed by atoms with Crippen LogP contribution in [0.1, 0.15) is 17.7 Å². The molecule has 0 aliphatic rings. The molecule has 1 rings (SSSR count). The second-order valence-corrected chi connectivity index (χ2v) is 3.18. The summed E-state index contributed by atoms with van der Waals surface area (Å²) >= 11 is 2.72. The first-order valence-electron chi connectivity index (χ1n) is 3.50. The topological polar surface area (TPSA) is 79.8 Å². The van der Waals surface area contributed by atoms with Gasteiger partial charge in [-0.15, -0.1) is 0 Å². The molecule has 0 aliphatic heterocycles. The molecule has 0 fully saturated rings. The molecule has 15 heavy (non-hydrogen) atoms. The van der Waals surface area contributed by atoms with Gasteiger partial charge in [-0.1, -0.05) is 0 Å². The fourth-order valence-electron chi connectivity index (χ4n) is 0.903. The van der Waals surface area contributed by atoms with Gasteiger partial charge in [0.05, 0.1) is 10.5 Å². The number of halogens is 3. The summed E-state index contributed by atoms with van der Waals surface area (Å²) in [6.07, 6.45) is -2.20. The first-order chi connectivity index (χ1) is 6.99. The van der Waals surface area contributed by atoms with E-state index in [1.807, 2.05) is 0 Å². The van der Waals surface area contributed by atoms with Gasteiger partial charge in [-0.2, -0.15) is 5.26 Å². The maximum Gasteiger partial charge on any atom is 0.312 e.